The lowest BCUT2D eigenvalue weighted by atomic mass is 9.92. The zero-order valence-electron chi connectivity index (χ0n) is 12.7. The number of fused-ring (bicyclic) bond motifs is 3. The van der Waals surface area contributed by atoms with Crippen molar-refractivity contribution in [2.45, 2.75) is 38.7 Å². The van der Waals surface area contributed by atoms with Crippen molar-refractivity contribution in [1.29, 1.82) is 0 Å². The topological polar surface area (TPSA) is 20.2 Å². The molecular formula is C20H22O. The Morgan fingerprint density at radius 1 is 1.10 bits per heavy atom. The molecule has 0 saturated heterocycles. The first-order chi connectivity index (χ1) is 10.2. The molecule has 1 N–H and O–H groups in total. The second-order valence-electron chi connectivity index (χ2n) is 6.81. The van der Waals surface area contributed by atoms with Gasteiger partial charge < -0.3 is 5.11 Å². The largest absolute Gasteiger partial charge is 0.388 e. The van der Waals surface area contributed by atoms with Gasteiger partial charge in [-0.25, -0.2) is 0 Å². The lowest BCUT2D eigenvalue weighted by Crippen LogP contribution is -2.04. The third-order valence-electron chi connectivity index (χ3n) is 5.50. The SMILES string of the molecule is Cc1ccc(C(O)C2C3CCc4ccccc4C32)c(C)c1. The number of aryl methyl sites for hydroxylation is 3. The molecule has 4 unspecified atom stereocenters. The van der Waals surface area contributed by atoms with E-state index in [-0.39, 0.29) is 6.10 Å². The Balaban J connectivity index is 1.65. The number of hydrogen-bond acceptors (Lipinski definition) is 1. The van der Waals surface area contributed by atoms with Crippen molar-refractivity contribution in [1.82, 2.24) is 0 Å². The zero-order valence-corrected chi connectivity index (χ0v) is 12.7. The second-order valence-corrected chi connectivity index (χ2v) is 6.81. The fourth-order valence-corrected chi connectivity index (χ4v) is 4.41. The molecule has 0 aromatic heterocycles. The second kappa shape index (κ2) is 4.71. The molecule has 4 rings (SSSR count). The summed E-state index contributed by atoms with van der Waals surface area (Å²) in [6, 6.07) is 15.2. The van der Waals surface area contributed by atoms with Crippen molar-refractivity contribution in [2.75, 3.05) is 0 Å². The molecule has 1 fully saturated rings. The van der Waals surface area contributed by atoms with Gasteiger partial charge in [0.2, 0.25) is 0 Å². The molecule has 108 valence electrons. The van der Waals surface area contributed by atoms with Crippen LogP contribution in [0.4, 0.5) is 0 Å². The Labute approximate surface area is 126 Å². The van der Waals surface area contributed by atoms with E-state index in [1.54, 1.807) is 0 Å². The minimum atomic E-state index is -0.313. The first-order valence-electron chi connectivity index (χ1n) is 8.00. The molecule has 0 amide bonds. The molecule has 0 spiro atoms. The van der Waals surface area contributed by atoms with Gasteiger partial charge in [-0.15, -0.1) is 0 Å². The van der Waals surface area contributed by atoms with Gasteiger partial charge in [0, 0.05) is 0 Å². The molecule has 0 radical (unpaired) electrons. The molecule has 1 saturated carbocycles. The normalized spacial score (nSPS) is 27.7. The third-order valence-corrected chi connectivity index (χ3v) is 5.50. The van der Waals surface area contributed by atoms with Gasteiger partial charge in [0.05, 0.1) is 6.10 Å². The number of aliphatic hydroxyl groups is 1. The van der Waals surface area contributed by atoms with E-state index in [0.29, 0.717) is 17.8 Å². The number of hydrogen-bond donors (Lipinski definition) is 1. The highest BCUT2D eigenvalue weighted by molar-refractivity contribution is 5.42. The number of rotatable bonds is 2. The van der Waals surface area contributed by atoms with Gasteiger partial charge in [0.15, 0.2) is 0 Å². The van der Waals surface area contributed by atoms with E-state index in [2.05, 4.69) is 56.3 Å². The molecule has 1 heteroatoms. The molecular weight excluding hydrogens is 256 g/mol. The predicted molar refractivity (Wildman–Crippen MR) is 85.4 cm³/mol. The smallest absolute Gasteiger partial charge is 0.0829 e. The summed E-state index contributed by atoms with van der Waals surface area (Å²) in [7, 11) is 0. The van der Waals surface area contributed by atoms with Crippen LogP contribution in [0.25, 0.3) is 0 Å². The highest BCUT2D eigenvalue weighted by atomic mass is 16.3. The van der Waals surface area contributed by atoms with Crippen LogP contribution in [-0.4, -0.2) is 5.11 Å². The molecule has 2 aliphatic rings. The Morgan fingerprint density at radius 3 is 2.71 bits per heavy atom. The van der Waals surface area contributed by atoms with Crippen LogP contribution in [0.15, 0.2) is 42.5 Å². The summed E-state index contributed by atoms with van der Waals surface area (Å²) < 4.78 is 0. The van der Waals surface area contributed by atoms with Gasteiger partial charge in [-0.05, 0) is 66.7 Å². The van der Waals surface area contributed by atoms with Crippen molar-refractivity contribution >= 4 is 0 Å². The summed E-state index contributed by atoms with van der Waals surface area (Å²) in [4.78, 5) is 0. The molecule has 4 atom stereocenters. The third kappa shape index (κ3) is 2.03. The quantitative estimate of drug-likeness (QED) is 0.867. The van der Waals surface area contributed by atoms with E-state index in [9.17, 15) is 5.11 Å². The van der Waals surface area contributed by atoms with Crippen LogP contribution in [0.5, 0.6) is 0 Å². The van der Waals surface area contributed by atoms with Crippen LogP contribution < -0.4 is 0 Å². The Morgan fingerprint density at radius 2 is 1.90 bits per heavy atom. The number of benzene rings is 2. The van der Waals surface area contributed by atoms with Crippen LogP contribution in [0.1, 0.15) is 46.3 Å². The summed E-state index contributed by atoms with van der Waals surface area (Å²) in [5.74, 6) is 1.66. The van der Waals surface area contributed by atoms with Crippen molar-refractivity contribution in [3.63, 3.8) is 0 Å². The number of aliphatic hydroxyl groups excluding tert-OH is 1. The maximum Gasteiger partial charge on any atom is 0.0829 e. The van der Waals surface area contributed by atoms with Crippen molar-refractivity contribution in [3.05, 3.63) is 70.3 Å². The van der Waals surface area contributed by atoms with E-state index in [0.717, 1.165) is 5.56 Å². The first kappa shape index (κ1) is 13.1. The molecule has 2 aromatic carbocycles. The van der Waals surface area contributed by atoms with Crippen LogP contribution in [0, 0.1) is 25.7 Å². The monoisotopic (exact) mass is 278 g/mol. The van der Waals surface area contributed by atoms with E-state index >= 15 is 0 Å². The van der Waals surface area contributed by atoms with E-state index in [1.807, 2.05) is 0 Å². The summed E-state index contributed by atoms with van der Waals surface area (Å²) in [5.41, 5.74) is 6.59. The van der Waals surface area contributed by atoms with Gasteiger partial charge in [-0.3, -0.25) is 0 Å². The first-order valence-corrected chi connectivity index (χ1v) is 8.00. The summed E-state index contributed by atoms with van der Waals surface area (Å²) in [6.07, 6.45) is 2.09. The summed E-state index contributed by atoms with van der Waals surface area (Å²) in [6.45, 7) is 4.22. The van der Waals surface area contributed by atoms with E-state index in [1.165, 1.54) is 35.1 Å². The maximum atomic E-state index is 10.9. The fraction of sp³-hybridized carbons (Fsp3) is 0.400. The molecule has 2 aromatic rings. The minimum absolute atomic E-state index is 0.313. The molecule has 21 heavy (non-hydrogen) atoms. The van der Waals surface area contributed by atoms with Crippen LogP contribution >= 0.6 is 0 Å². The van der Waals surface area contributed by atoms with Crippen LogP contribution in [0.2, 0.25) is 0 Å². The van der Waals surface area contributed by atoms with Crippen molar-refractivity contribution in [3.8, 4) is 0 Å². The highest BCUT2D eigenvalue weighted by Crippen LogP contribution is 2.64. The Kier molecular flexibility index (Phi) is 2.93. The van der Waals surface area contributed by atoms with Crippen molar-refractivity contribution < 1.29 is 5.11 Å². The van der Waals surface area contributed by atoms with Gasteiger partial charge in [0.25, 0.3) is 0 Å². The van der Waals surface area contributed by atoms with Gasteiger partial charge in [0.1, 0.15) is 0 Å². The van der Waals surface area contributed by atoms with Gasteiger partial charge in [-0.1, -0.05) is 48.0 Å². The van der Waals surface area contributed by atoms with Crippen molar-refractivity contribution in [2.24, 2.45) is 11.8 Å². The van der Waals surface area contributed by atoms with Crippen LogP contribution in [0.3, 0.4) is 0 Å². The molecule has 0 bridgehead atoms. The van der Waals surface area contributed by atoms with Gasteiger partial charge >= 0.3 is 0 Å². The molecule has 1 nitrogen and oxygen atoms in total. The zero-order chi connectivity index (χ0) is 14.6. The molecule has 0 aliphatic heterocycles. The average molecular weight is 278 g/mol. The lowest BCUT2D eigenvalue weighted by molar-refractivity contribution is 0.144. The van der Waals surface area contributed by atoms with E-state index in [4.69, 9.17) is 0 Å². The standard InChI is InChI=1S/C20H22O/c1-12-7-9-15(13(2)11-12)20(21)19-17-10-8-14-5-3-4-6-16(14)18(17)19/h3-7,9,11,17-21H,8,10H2,1-2H3. The maximum absolute atomic E-state index is 10.9. The average Bonchev–Trinajstić information content (AvgIpc) is 3.21. The van der Waals surface area contributed by atoms with Crippen LogP contribution in [-0.2, 0) is 6.42 Å². The fourth-order valence-electron chi connectivity index (χ4n) is 4.41. The molecule has 0 heterocycles. The highest BCUT2D eigenvalue weighted by Gasteiger charge is 2.56. The molecule has 2 aliphatic carbocycles. The van der Waals surface area contributed by atoms with Gasteiger partial charge in [-0.2, -0.15) is 0 Å². The van der Waals surface area contributed by atoms with E-state index < -0.39 is 0 Å². The lowest BCUT2D eigenvalue weighted by Gasteiger charge is -2.15. The Hall–Kier alpha value is -1.60. The predicted octanol–water partition coefficient (Wildman–Crippen LogP) is 4.31. The summed E-state index contributed by atoms with van der Waals surface area (Å²) >= 11 is 0. The minimum Gasteiger partial charge on any atom is -0.388 e. The Bertz CT molecular complexity index is 688. The summed E-state index contributed by atoms with van der Waals surface area (Å²) in [5, 5.41) is 10.9.